The number of benzene rings is 2. The van der Waals surface area contributed by atoms with E-state index in [0.29, 0.717) is 13.1 Å². The summed E-state index contributed by atoms with van der Waals surface area (Å²) in [6.07, 6.45) is 9.08. The normalized spacial score (nSPS) is 18.2. The van der Waals surface area contributed by atoms with Crippen LogP contribution in [0.4, 0.5) is 4.39 Å². The second kappa shape index (κ2) is 11.7. The van der Waals surface area contributed by atoms with E-state index in [9.17, 15) is 9.18 Å². The van der Waals surface area contributed by atoms with Crippen molar-refractivity contribution in [1.82, 2.24) is 15.1 Å². The molecule has 0 spiro atoms. The SMILES string of the molecule is C=C(NCCCN1CCCCC1CCCC)c1ccc2c(c1)C(=O)N(Cc1ccc(F)cc1)C2. The predicted octanol–water partition coefficient (Wildman–Crippen LogP) is 5.98. The van der Waals surface area contributed by atoms with Crippen LogP contribution in [0.5, 0.6) is 0 Å². The van der Waals surface area contributed by atoms with Gasteiger partial charge in [-0.1, -0.05) is 57.0 Å². The Balaban J connectivity index is 1.27. The first kappa shape index (κ1) is 24.5. The molecule has 1 amide bonds. The van der Waals surface area contributed by atoms with Gasteiger partial charge in [-0.3, -0.25) is 4.79 Å². The lowest BCUT2D eigenvalue weighted by Gasteiger charge is -2.36. The molecule has 182 valence electrons. The lowest BCUT2D eigenvalue weighted by atomic mass is 9.97. The van der Waals surface area contributed by atoms with Gasteiger partial charge >= 0.3 is 0 Å². The van der Waals surface area contributed by atoms with E-state index in [1.54, 1.807) is 12.1 Å². The quantitative estimate of drug-likeness (QED) is 0.417. The van der Waals surface area contributed by atoms with Crippen LogP contribution in [0, 0.1) is 5.82 Å². The Kier molecular flexibility index (Phi) is 8.39. The van der Waals surface area contributed by atoms with Crippen molar-refractivity contribution in [2.75, 3.05) is 19.6 Å². The number of carbonyl (C=O) groups excluding carboxylic acids is 1. The molecule has 1 saturated heterocycles. The first-order chi connectivity index (χ1) is 16.5. The third-order valence-electron chi connectivity index (χ3n) is 7.22. The molecule has 5 heteroatoms. The number of halogens is 1. The van der Waals surface area contributed by atoms with Crippen molar-refractivity contribution in [2.45, 2.75) is 71.0 Å². The predicted molar refractivity (Wildman–Crippen MR) is 137 cm³/mol. The Morgan fingerprint density at radius 3 is 2.76 bits per heavy atom. The summed E-state index contributed by atoms with van der Waals surface area (Å²) < 4.78 is 13.2. The van der Waals surface area contributed by atoms with Crippen molar-refractivity contribution < 1.29 is 9.18 Å². The van der Waals surface area contributed by atoms with Gasteiger partial charge in [-0.2, -0.15) is 0 Å². The van der Waals surface area contributed by atoms with Crippen LogP contribution in [0.1, 0.15) is 78.9 Å². The van der Waals surface area contributed by atoms with E-state index >= 15 is 0 Å². The molecule has 1 unspecified atom stereocenters. The molecule has 0 saturated carbocycles. The van der Waals surface area contributed by atoms with Crippen molar-refractivity contribution in [1.29, 1.82) is 0 Å². The molecule has 4 rings (SSSR count). The maximum absolute atomic E-state index is 13.2. The van der Waals surface area contributed by atoms with Crippen LogP contribution in [-0.4, -0.2) is 41.4 Å². The lowest BCUT2D eigenvalue weighted by molar-refractivity contribution is 0.0766. The molecular formula is C29H38FN3O. The van der Waals surface area contributed by atoms with Gasteiger partial charge in [0.25, 0.3) is 5.91 Å². The number of fused-ring (bicyclic) bond motifs is 1. The summed E-state index contributed by atoms with van der Waals surface area (Å²) in [6.45, 7) is 10.8. The molecule has 2 aromatic carbocycles. The Labute approximate surface area is 203 Å². The molecule has 1 atom stereocenters. The first-order valence-corrected chi connectivity index (χ1v) is 12.9. The summed E-state index contributed by atoms with van der Waals surface area (Å²) in [7, 11) is 0. The largest absolute Gasteiger partial charge is 0.385 e. The second-order valence-electron chi connectivity index (χ2n) is 9.75. The number of hydrogen-bond acceptors (Lipinski definition) is 3. The van der Waals surface area contributed by atoms with Crippen molar-refractivity contribution in [3.63, 3.8) is 0 Å². The van der Waals surface area contributed by atoms with Crippen molar-refractivity contribution >= 4 is 11.6 Å². The van der Waals surface area contributed by atoms with Crippen LogP contribution < -0.4 is 5.32 Å². The van der Waals surface area contributed by atoms with Gasteiger partial charge in [-0.15, -0.1) is 0 Å². The fraction of sp³-hybridized carbons (Fsp3) is 0.483. The van der Waals surface area contributed by atoms with Crippen LogP contribution in [0.2, 0.25) is 0 Å². The number of piperidine rings is 1. The third-order valence-corrected chi connectivity index (χ3v) is 7.22. The van der Waals surface area contributed by atoms with Gasteiger partial charge in [0.1, 0.15) is 5.82 Å². The zero-order chi connectivity index (χ0) is 23.9. The topological polar surface area (TPSA) is 35.6 Å². The van der Waals surface area contributed by atoms with E-state index in [-0.39, 0.29) is 11.7 Å². The number of likely N-dealkylation sites (tertiary alicyclic amines) is 1. The minimum atomic E-state index is -0.261. The van der Waals surface area contributed by atoms with Gasteiger partial charge in [0.15, 0.2) is 0 Å². The van der Waals surface area contributed by atoms with Crippen LogP contribution in [0.15, 0.2) is 49.0 Å². The number of rotatable bonds is 11. The Bertz CT molecular complexity index is 987. The van der Waals surface area contributed by atoms with Gasteiger partial charge in [0.2, 0.25) is 0 Å². The number of carbonyl (C=O) groups is 1. The summed E-state index contributed by atoms with van der Waals surface area (Å²) in [5, 5.41) is 3.48. The van der Waals surface area contributed by atoms with Crippen molar-refractivity contribution in [3.8, 4) is 0 Å². The van der Waals surface area contributed by atoms with Crippen LogP contribution in [-0.2, 0) is 13.1 Å². The monoisotopic (exact) mass is 463 g/mol. The summed E-state index contributed by atoms with van der Waals surface area (Å²) in [5.74, 6) is -0.236. The molecule has 2 aromatic rings. The zero-order valence-electron chi connectivity index (χ0n) is 20.5. The fourth-order valence-electron chi connectivity index (χ4n) is 5.23. The summed E-state index contributed by atoms with van der Waals surface area (Å²) in [4.78, 5) is 17.5. The molecule has 0 bridgehead atoms. The number of nitrogens with zero attached hydrogens (tertiary/aromatic N) is 2. The highest BCUT2D eigenvalue weighted by atomic mass is 19.1. The maximum atomic E-state index is 13.2. The van der Waals surface area contributed by atoms with E-state index in [1.807, 2.05) is 23.1 Å². The molecule has 0 aliphatic carbocycles. The third kappa shape index (κ3) is 6.06. The molecule has 1 N–H and O–H groups in total. The average molecular weight is 464 g/mol. The van der Waals surface area contributed by atoms with Gasteiger partial charge in [-0.05, 0) is 67.1 Å². The Hall–Kier alpha value is -2.66. The molecule has 0 aromatic heterocycles. The summed E-state index contributed by atoms with van der Waals surface area (Å²) >= 11 is 0. The van der Waals surface area contributed by atoms with Crippen LogP contribution in [0.25, 0.3) is 5.70 Å². The molecule has 1 fully saturated rings. The molecular weight excluding hydrogens is 425 g/mol. The van der Waals surface area contributed by atoms with E-state index in [4.69, 9.17) is 0 Å². The van der Waals surface area contributed by atoms with Gasteiger partial charge in [0.05, 0.1) is 0 Å². The van der Waals surface area contributed by atoms with Gasteiger partial charge in [0, 0.05) is 43.5 Å². The summed E-state index contributed by atoms with van der Waals surface area (Å²) in [5.41, 5.74) is 4.55. The summed E-state index contributed by atoms with van der Waals surface area (Å²) in [6, 6.07) is 13.2. The number of amides is 1. The molecule has 2 aliphatic heterocycles. The molecule has 34 heavy (non-hydrogen) atoms. The number of nitrogens with one attached hydrogen (secondary N) is 1. The van der Waals surface area contributed by atoms with Gasteiger partial charge < -0.3 is 15.1 Å². The highest BCUT2D eigenvalue weighted by molar-refractivity contribution is 5.99. The second-order valence-corrected chi connectivity index (χ2v) is 9.75. The minimum absolute atomic E-state index is 0.0252. The van der Waals surface area contributed by atoms with E-state index in [0.717, 1.165) is 53.5 Å². The van der Waals surface area contributed by atoms with E-state index < -0.39 is 0 Å². The zero-order valence-corrected chi connectivity index (χ0v) is 20.5. The Morgan fingerprint density at radius 1 is 1.15 bits per heavy atom. The molecule has 2 heterocycles. The minimum Gasteiger partial charge on any atom is -0.385 e. The maximum Gasteiger partial charge on any atom is 0.254 e. The molecule has 4 nitrogen and oxygen atoms in total. The first-order valence-electron chi connectivity index (χ1n) is 12.9. The van der Waals surface area contributed by atoms with Crippen molar-refractivity contribution in [2.24, 2.45) is 0 Å². The van der Waals surface area contributed by atoms with Crippen LogP contribution >= 0.6 is 0 Å². The standard InChI is InChI=1S/C29H38FN3O/c1-3-4-8-27-9-5-6-17-32(27)18-7-16-31-22(2)24-12-13-25-21-33(29(34)28(25)19-24)20-23-10-14-26(30)15-11-23/h10-15,19,27,31H,2-9,16-18,20-21H2,1H3. The molecule has 0 radical (unpaired) electrons. The van der Waals surface area contributed by atoms with Gasteiger partial charge in [-0.25, -0.2) is 4.39 Å². The number of hydrogen-bond donors (Lipinski definition) is 1. The van der Waals surface area contributed by atoms with E-state index in [1.165, 1.54) is 57.2 Å². The van der Waals surface area contributed by atoms with Crippen molar-refractivity contribution in [3.05, 3.63) is 77.1 Å². The van der Waals surface area contributed by atoms with Crippen LogP contribution in [0.3, 0.4) is 0 Å². The van der Waals surface area contributed by atoms with E-state index in [2.05, 4.69) is 23.7 Å². The highest BCUT2D eigenvalue weighted by Crippen LogP contribution is 2.27. The smallest absolute Gasteiger partial charge is 0.254 e. The highest BCUT2D eigenvalue weighted by Gasteiger charge is 2.28. The number of unbranched alkanes of at least 4 members (excludes halogenated alkanes) is 1. The average Bonchev–Trinajstić information content (AvgIpc) is 3.16. The fourth-order valence-corrected chi connectivity index (χ4v) is 5.23. The lowest BCUT2D eigenvalue weighted by Crippen LogP contribution is -2.40. The molecule has 2 aliphatic rings. The Morgan fingerprint density at radius 2 is 1.97 bits per heavy atom.